The molecule has 3 heterocycles. The first-order valence-corrected chi connectivity index (χ1v) is 11.9. The maximum atomic E-state index is 12.4. The van der Waals surface area contributed by atoms with Gasteiger partial charge in [-0.15, -0.1) is 11.3 Å². The van der Waals surface area contributed by atoms with Gasteiger partial charge in [-0.05, 0) is 59.5 Å². The second-order valence-corrected chi connectivity index (χ2v) is 9.27. The summed E-state index contributed by atoms with van der Waals surface area (Å²) >= 11 is 1.63. The molecule has 0 saturated carbocycles. The van der Waals surface area contributed by atoms with Crippen LogP contribution in [-0.4, -0.2) is 20.4 Å². The van der Waals surface area contributed by atoms with Crippen molar-refractivity contribution in [2.45, 2.75) is 19.5 Å². The number of aromatic nitrogens is 3. The molecule has 0 aliphatic heterocycles. The fourth-order valence-corrected chi connectivity index (χ4v) is 4.85. The van der Waals surface area contributed by atoms with Crippen LogP contribution in [0.2, 0.25) is 0 Å². The van der Waals surface area contributed by atoms with Crippen LogP contribution in [0.3, 0.4) is 0 Å². The highest BCUT2D eigenvalue weighted by Crippen LogP contribution is 2.29. The van der Waals surface area contributed by atoms with Crippen molar-refractivity contribution in [2.24, 2.45) is 0 Å². The molecular formula is C27H22N6OS. The van der Waals surface area contributed by atoms with Gasteiger partial charge >= 0.3 is 0 Å². The van der Waals surface area contributed by atoms with E-state index in [0.717, 1.165) is 37.6 Å². The van der Waals surface area contributed by atoms with Crippen molar-refractivity contribution in [1.82, 2.24) is 14.5 Å². The molecule has 5 rings (SSSR count). The lowest BCUT2D eigenvalue weighted by molar-refractivity contribution is -0.115. The summed E-state index contributed by atoms with van der Waals surface area (Å²) in [6.45, 7) is 1.32. The van der Waals surface area contributed by atoms with Gasteiger partial charge in [-0.2, -0.15) is 5.26 Å². The zero-order chi connectivity index (χ0) is 24.0. The second kappa shape index (κ2) is 10.2. The number of imidazole rings is 1. The number of carbonyl (C=O) groups excluding carboxylic acids is 1. The predicted octanol–water partition coefficient (Wildman–Crippen LogP) is 5.21. The third kappa shape index (κ3) is 5.54. The molecule has 0 aliphatic carbocycles. The van der Waals surface area contributed by atoms with Gasteiger partial charge < -0.3 is 15.2 Å². The van der Waals surface area contributed by atoms with Crippen molar-refractivity contribution in [3.8, 4) is 6.07 Å². The first-order valence-electron chi connectivity index (χ1n) is 11.1. The zero-order valence-corrected chi connectivity index (χ0v) is 19.6. The highest BCUT2D eigenvalue weighted by molar-refractivity contribution is 7.19. The molecule has 0 bridgehead atoms. The molecule has 0 aliphatic rings. The Hall–Kier alpha value is -4.48. The Morgan fingerprint density at radius 3 is 2.63 bits per heavy atom. The molecule has 0 saturated heterocycles. The topological polar surface area (TPSA) is 95.6 Å². The minimum Gasteiger partial charge on any atom is -0.379 e. The number of hydrogen-bond donors (Lipinski definition) is 2. The number of fused-ring (bicyclic) bond motifs is 1. The van der Waals surface area contributed by atoms with Crippen LogP contribution in [0.15, 0.2) is 85.6 Å². The summed E-state index contributed by atoms with van der Waals surface area (Å²) < 4.78 is 3.24. The Morgan fingerprint density at radius 1 is 1.00 bits per heavy atom. The summed E-state index contributed by atoms with van der Waals surface area (Å²) in [5, 5.41) is 16.5. The molecule has 2 aromatic carbocycles. The summed E-state index contributed by atoms with van der Waals surface area (Å²) in [5.74, 6) is -0.0448. The maximum Gasteiger partial charge on any atom is 0.229 e. The number of rotatable bonds is 8. The van der Waals surface area contributed by atoms with E-state index < -0.39 is 0 Å². The van der Waals surface area contributed by atoms with Gasteiger partial charge in [0.2, 0.25) is 5.91 Å². The van der Waals surface area contributed by atoms with Crippen molar-refractivity contribution < 1.29 is 4.79 Å². The van der Waals surface area contributed by atoms with E-state index in [1.807, 2.05) is 36.8 Å². The van der Waals surface area contributed by atoms with Crippen molar-refractivity contribution in [3.63, 3.8) is 0 Å². The van der Waals surface area contributed by atoms with Gasteiger partial charge in [-0.1, -0.05) is 12.1 Å². The van der Waals surface area contributed by atoms with Crippen LogP contribution in [0.5, 0.6) is 0 Å². The van der Waals surface area contributed by atoms with Gasteiger partial charge in [-0.3, -0.25) is 9.78 Å². The van der Waals surface area contributed by atoms with Gasteiger partial charge in [-0.25, -0.2) is 4.98 Å². The second-order valence-electron chi connectivity index (χ2n) is 8.10. The summed E-state index contributed by atoms with van der Waals surface area (Å²) in [4.78, 5) is 21.7. The molecule has 0 spiro atoms. The molecular weight excluding hydrogens is 456 g/mol. The molecule has 1 amide bonds. The lowest BCUT2D eigenvalue weighted by Gasteiger charge is -2.10. The lowest BCUT2D eigenvalue weighted by atomic mass is 10.1. The molecule has 7 nitrogen and oxygen atoms in total. The average Bonchev–Trinajstić information content (AvgIpc) is 3.49. The average molecular weight is 479 g/mol. The summed E-state index contributed by atoms with van der Waals surface area (Å²) in [5.41, 5.74) is 4.59. The molecule has 0 unspecified atom stereocenters. The maximum absolute atomic E-state index is 12.4. The molecule has 8 heteroatoms. The zero-order valence-electron chi connectivity index (χ0n) is 18.8. The Balaban J connectivity index is 1.22. The molecule has 0 atom stereocenters. The number of benzene rings is 2. The van der Waals surface area contributed by atoms with E-state index >= 15 is 0 Å². The normalized spacial score (nSPS) is 10.7. The summed E-state index contributed by atoms with van der Waals surface area (Å²) in [6.07, 6.45) is 7.33. The van der Waals surface area contributed by atoms with Crippen molar-refractivity contribution in [2.75, 3.05) is 10.6 Å². The van der Waals surface area contributed by atoms with Gasteiger partial charge in [0.25, 0.3) is 0 Å². The van der Waals surface area contributed by atoms with E-state index in [-0.39, 0.29) is 5.91 Å². The summed E-state index contributed by atoms with van der Waals surface area (Å²) in [7, 11) is 0. The highest BCUT2D eigenvalue weighted by Gasteiger charge is 2.09. The van der Waals surface area contributed by atoms with Gasteiger partial charge in [0, 0.05) is 46.1 Å². The van der Waals surface area contributed by atoms with E-state index in [9.17, 15) is 4.79 Å². The van der Waals surface area contributed by atoms with Gasteiger partial charge in [0.15, 0.2) is 0 Å². The van der Waals surface area contributed by atoms with Gasteiger partial charge in [0.1, 0.15) is 0 Å². The Kier molecular flexibility index (Phi) is 6.50. The van der Waals surface area contributed by atoms with E-state index in [2.05, 4.69) is 55.5 Å². The number of carbonyl (C=O) groups is 1. The van der Waals surface area contributed by atoms with Crippen LogP contribution in [0.25, 0.3) is 10.1 Å². The fraction of sp³-hybridized carbons (Fsp3) is 0.111. The Morgan fingerprint density at radius 2 is 1.83 bits per heavy atom. The number of amides is 1. The Labute approximate surface area is 206 Å². The van der Waals surface area contributed by atoms with E-state index in [4.69, 9.17) is 5.26 Å². The monoisotopic (exact) mass is 478 g/mol. The molecule has 2 N–H and O–H groups in total. The van der Waals surface area contributed by atoms with Crippen molar-refractivity contribution in [1.29, 1.82) is 5.26 Å². The van der Waals surface area contributed by atoms with Crippen molar-refractivity contribution in [3.05, 3.63) is 107 Å². The number of anilines is 2. The molecule has 5 aromatic rings. The predicted molar refractivity (Wildman–Crippen MR) is 138 cm³/mol. The largest absolute Gasteiger partial charge is 0.379 e. The van der Waals surface area contributed by atoms with E-state index in [1.54, 1.807) is 35.9 Å². The first-order chi connectivity index (χ1) is 17.2. The van der Waals surface area contributed by atoms with E-state index in [0.29, 0.717) is 25.1 Å². The number of nitrogens with zero attached hydrogens (tertiary/aromatic N) is 4. The van der Waals surface area contributed by atoms with Crippen LogP contribution in [-0.2, 0) is 24.3 Å². The molecule has 3 aromatic heterocycles. The third-order valence-electron chi connectivity index (χ3n) is 5.57. The van der Waals surface area contributed by atoms with E-state index in [1.165, 1.54) is 0 Å². The Bertz CT molecular complexity index is 1500. The number of nitrogens with one attached hydrogen (secondary N) is 2. The quantitative estimate of drug-likeness (QED) is 0.319. The molecule has 172 valence electrons. The van der Waals surface area contributed by atoms with Crippen LogP contribution >= 0.6 is 11.3 Å². The summed E-state index contributed by atoms with van der Waals surface area (Å²) in [6, 6.07) is 21.6. The number of hydrogen-bond acceptors (Lipinski definition) is 6. The number of pyridine rings is 1. The highest BCUT2D eigenvalue weighted by atomic mass is 32.1. The van der Waals surface area contributed by atoms with Gasteiger partial charge in [0.05, 0.1) is 36.6 Å². The van der Waals surface area contributed by atoms with Crippen LogP contribution in [0, 0.1) is 11.3 Å². The van der Waals surface area contributed by atoms with Crippen LogP contribution < -0.4 is 10.6 Å². The smallest absolute Gasteiger partial charge is 0.229 e. The lowest BCUT2D eigenvalue weighted by Crippen LogP contribution is -2.13. The van der Waals surface area contributed by atoms with Crippen LogP contribution in [0.4, 0.5) is 11.4 Å². The number of nitriles is 1. The first kappa shape index (κ1) is 22.3. The minimum absolute atomic E-state index is 0.0448. The minimum atomic E-state index is -0.0448. The van der Waals surface area contributed by atoms with Crippen LogP contribution in [0.1, 0.15) is 21.7 Å². The molecule has 35 heavy (non-hydrogen) atoms. The third-order valence-corrected chi connectivity index (χ3v) is 6.69. The molecule has 0 radical (unpaired) electrons. The fourth-order valence-electron chi connectivity index (χ4n) is 3.81. The number of thiophene rings is 1. The standard InChI is InChI=1S/C27H22N6OS/c28-14-19-1-3-20(4-2-19)17-33-18-30-15-24(33)16-31-23-5-6-26-21(11-23)12-25(35-26)13-27(34)32-22-7-9-29-10-8-22/h1-12,15,18,31H,13,16-17H2,(H,29,32,34). The van der Waals surface area contributed by atoms with Crippen molar-refractivity contribution >= 4 is 38.7 Å². The SMILES string of the molecule is N#Cc1ccc(Cn2cncc2CNc2ccc3sc(CC(=O)Nc4ccncc4)cc3c2)cc1. The molecule has 0 fully saturated rings.